The predicted molar refractivity (Wildman–Crippen MR) is 89.9 cm³/mol. The summed E-state index contributed by atoms with van der Waals surface area (Å²) in [6, 6.07) is 11.2. The number of nitro groups is 1. The van der Waals surface area contributed by atoms with Gasteiger partial charge in [0, 0.05) is 29.6 Å². The van der Waals surface area contributed by atoms with Crippen LogP contribution in [-0.2, 0) is 6.42 Å². The zero-order valence-corrected chi connectivity index (χ0v) is 14.1. The summed E-state index contributed by atoms with van der Waals surface area (Å²) >= 11 is 5.20. The molecule has 0 saturated heterocycles. The van der Waals surface area contributed by atoms with Gasteiger partial charge >= 0.3 is 0 Å². The Labute approximate surface area is 136 Å². The summed E-state index contributed by atoms with van der Waals surface area (Å²) in [6.45, 7) is 2.94. The van der Waals surface area contributed by atoms with Gasteiger partial charge < -0.3 is 5.32 Å². The number of benzene rings is 1. The van der Waals surface area contributed by atoms with Crippen LogP contribution in [-0.4, -0.2) is 11.5 Å². The van der Waals surface area contributed by atoms with Crippen molar-refractivity contribution in [2.75, 3.05) is 6.54 Å². The third kappa shape index (κ3) is 4.62. The smallest absolute Gasteiger partial charge is 0.269 e. The molecule has 1 heterocycles. The number of nitrogens with zero attached hydrogens (tertiary/aromatic N) is 1. The molecule has 0 bridgehead atoms. The van der Waals surface area contributed by atoms with Crippen molar-refractivity contribution in [3.05, 3.63) is 60.7 Å². The second kappa shape index (κ2) is 7.68. The minimum absolute atomic E-state index is 0.147. The fourth-order valence-corrected chi connectivity index (χ4v) is 3.69. The van der Waals surface area contributed by atoms with E-state index in [1.54, 1.807) is 23.5 Å². The van der Waals surface area contributed by atoms with Gasteiger partial charge in [-0.3, -0.25) is 10.1 Å². The van der Waals surface area contributed by atoms with Gasteiger partial charge in [0.15, 0.2) is 0 Å². The Bertz CT molecular complexity index is 615. The van der Waals surface area contributed by atoms with Gasteiger partial charge in [0.2, 0.25) is 0 Å². The van der Waals surface area contributed by atoms with Crippen LogP contribution < -0.4 is 5.32 Å². The highest BCUT2D eigenvalue weighted by Gasteiger charge is 2.12. The van der Waals surface area contributed by atoms with Crippen molar-refractivity contribution in [3.63, 3.8) is 0 Å². The first-order chi connectivity index (χ1) is 10.1. The SMILES string of the molecule is CCC(NCCc1ccc(Br)s1)c1cccc([N+](=O)[O-])c1. The van der Waals surface area contributed by atoms with E-state index in [2.05, 4.69) is 40.3 Å². The van der Waals surface area contributed by atoms with Crippen LogP contribution >= 0.6 is 27.3 Å². The highest BCUT2D eigenvalue weighted by Crippen LogP contribution is 2.24. The lowest BCUT2D eigenvalue weighted by molar-refractivity contribution is -0.384. The highest BCUT2D eigenvalue weighted by atomic mass is 79.9. The molecule has 1 aromatic carbocycles. The van der Waals surface area contributed by atoms with E-state index >= 15 is 0 Å². The molecule has 21 heavy (non-hydrogen) atoms. The molecule has 0 aliphatic rings. The maximum Gasteiger partial charge on any atom is 0.269 e. The first-order valence-corrected chi connectivity index (χ1v) is 8.43. The van der Waals surface area contributed by atoms with Crippen LogP contribution in [0.15, 0.2) is 40.2 Å². The van der Waals surface area contributed by atoms with Crippen molar-refractivity contribution in [3.8, 4) is 0 Å². The van der Waals surface area contributed by atoms with Gasteiger partial charge in [-0.1, -0.05) is 19.1 Å². The highest BCUT2D eigenvalue weighted by molar-refractivity contribution is 9.11. The second-order valence-corrected chi connectivity index (χ2v) is 7.27. The molecule has 0 radical (unpaired) electrons. The fraction of sp³-hybridized carbons (Fsp3) is 0.333. The molecule has 2 aromatic rings. The standard InChI is InChI=1S/C15H17BrN2O2S/c1-2-14(11-4-3-5-12(10-11)18(19)20)17-9-8-13-6-7-15(16)21-13/h3-7,10,14,17H,2,8-9H2,1H3. The van der Waals surface area contributed by atoms with E-state index in [0.29, 0.717) is 0 Å². The predicted octanol–water partition coefficient (Wildman–Crippen LogP) is 4.70. The largest absolute Gasteiger partial charge is 0.310 e. The maximum atomic E-state index is 10.8. The molecule has 1 N–H and O–H groups in total. The van der Waals surface area contributed by atoms with E-state index in [9.17, 15) is 10.1 Å². The lowest BCUT2D eigenvalue weighted by atomic mass is 10.0. The van der Waals surface area contributed by atoms with Crippen LogP contribution in [0.4, 0.5) is 5.69 Å². The minimum Gasteiger partial charge on any atom is -0.310 e. The van der Waals surface area contributed by atoms with Crippen LogP contribution in [0.25, 0.3) is 0 Å². The quantitative estimate of drug-likeness (QED) is 0.568. The van der Waals surface area contributed by atoms with Crippen molar-refractivity contribution in [1.82, 2.24) is 5.32 Å². The summed E-state index contributed by atoms with van der Waals surface area (Å²) < 4.78 is 1.14. The van der Waals surface area contributed by atoms with Gasteiger partial charge in [-0.05, 0) is 46.5 Å². The zero-order chi connectivity index (χ0) is 15.2. The minimum atomic E-state index is -0.348. The Hall–Kier alpha value is -1.24. The normalized spacial score (nSPS) is 12.3. The third-order valence-corrected chi connectivity index (χ3v) is 4.97. The summed E-state index contributed by atoms with van der Waals surface area (Å²) in [5.74, 6) is 0. The Balaban J connectivity index is 1.96. The van der Waals surface area contributed by atoms with E-state index in [1.165, 1.54) is 10.9 Å². The summed E-state index contributed by atoms with van der Waals surface area (Å²) in [7, 11) is 0. The number of thiophene rings is 1. The molecule has 6 heteroatoms. The Morgan fingerprint density at radius 3 is 2.81 bits per heavy atom. The van der Waals surface area contributed by atoms with Gasteiger partial charge in [-0.25, -0.2) is 0 Å². The van der Waals surface area contributed by atoms with Crippen LogP contribution in [0, 0.1) is 10.1 Å². The Morgan fingerprint density at radius 1 is 1.38 bits per heavy atom. The van der Waals surface area contributed by atoms with Gasteiger partial charge in [-0.15, -0.1) is 11.3 Å². The van der Waals surface area contributed by atoms with Crippen molar-refractivity contribution >= 4 is 33.0 Å². The first-order valence-electron chi connectivity index (χ1n) is 6.82. The molecule has 2 rings (SSSR count). The number of non-ortho nitro benzene ring substituents is 1. The van der Waals surface area contributed by atoms with Crippen molar-refractivity contribution < 1.29 is 4.92 Å². The average Bonchev–Trinajstić information content (AvgIpc) is 2.89. The van der Waals surface area contributed by atoms with E-state index in [1.807, 2.05) is 6.07 Å². The molecular weight excluding hydrogens is 352 g/mol. The monoisotopic (exact) mass is 368 g/mol. The second-order valence-electron chi connectivity index (χ2n) is 4.72. The van der Waals surface area contributed by atoms with E-state index < -0.39 is 0 Å². The first kappa shape index (κ1) is 16.1. The van der Waals surface area contributed by atoms with Gasteiger partial charge in [0.05, 0.1) is 8.71 Å². The summed E-state index contributed by atoms with van der Waals surface area (Å²) in [4.78, 5) is 11.8. The van der Waals surface area contributed by atoms with Crippen LogP contribution in [0.2, 0.25) is 0 Å². The lowest BCUT2D eigenvalue weighted by Crippen LogP contribution is -2.23. The van der Waals surface area contributed by atoms with Crippen molar-refractivity contribution in [1.29, 1.82) is 0 Å². The van der Waals surface area contributed by atoms with Gasteiger partial charge in [0.25, 0.3) is 5.69 Å². The number of nitro benzene ring substituents is 1. The average molecular weight is 369 g/mol. The van der Waals surface area contributed by atoms with Crippen LogP contribution in [0.5, 0.6) is 0 Å². The number of hydrogen-bond donors (Lipinski definition) is 1. The number of rotatable bonds is 7. The molecule has 1 atom stereocenters. The third-order valence-electron chi connectivity index (χ3n) is 3.28. The Morgan fingerprint density at radius 2 is 2.19 bits per heavy atom. The fourth-order valence-electron chi connectivity index (χ4n) is 2.21. The molecule has 0 amide bonds. The maximum absolute atomic E-state index is 10.8. The zero-order valence-electron chi connectivity index (χ0n) is 11.7. The molecule has 0 fully saturated rings. The summed E-state index contributed by atoms with van der Waals surface area (Å²) in [5.41, 5.74) is 1.12. The molecule has 0 aliphatic carbocycles. The van der Waals surface area contributed by atoms with E-state index in [-0.39, 0.29) is 16.7 Å². The molecule has 0 saturated carbocycles. The molecule has 4 nitrogen and oxygen atoms in total. The van der Waals surface area contributed by atoms with E-state index in [4.69, 9.17) is 0 Å². The van der Waals surface area contributed by atoms with Crippen LogP contribution in [0.3, 0.4) is 0 Å². The van der Waals surface area contributed by atoms with Gasteiger partial charge in [0.1, 0.15) is 0 Å². The molecule has 0 aliphatic heterocycles. The van der Waals surface area contributed by atoms with E-state index in [0.717, 1.165) is 28.7 Å². The molecular formula is C15H17BrN2O2S. The number of halogens is 1. The topological polar surface area (TPSA) is 55.2 Å². The van der Waals surface area contributed by atoms with Crippen molar-refractivity contribution in [2.45, 2.75) is 25.8 Å². The lowest BCUT2D eigenvalue weighted by Gasteiger charge is -2.17. The number of hydrogen-bond acceptors (Lipinski definition) is 4. The summed E-state index contributed by atoms with van der Waals surface area (Å²) in [5, 5.41) is 14.3. The Kier molecular flexibility index (Phi) is 5.90. The molecule has 0 spiro atoms. The van der Waals surface area contributed by atoms with Crippen molar-refractivity contribution in [2.24, 2.45) is 0 Å². The summed E-state index contributed by atoms with van der Waals surface area (Å²) in [6.07, 6.45) is 1.86. The molecule has 1 aromatic heterocycles. The van der Waals surface area contributed by atoms with Crippen LogP contribution in [0.1, 0.15) is 29.8 Å². The number of nitrogens with one attached hydrogen (secondary N) is 1. The van der Waals surface area contributed by atoms with Gasteiger partial charge in [-0.2, -0.15) is 0 Å². The molecule has 112 valence electrons. The molecule has 1 unspecified atom stereocenters.